The Balaban J connectivity index is 0.00000216. The van der Waals surface area contributed by atoms with Gasteiger partial charge in [-0.25, -0.2) is 0 Å². The molecule has 4 aromatic carbocycles. The first-order chi connectivity index (χ1) is 19.7. The van der Waals surface area contributed by atoms with Gasteiger partial charge in [0.15, 0.2) is 0 Å². The molecule has 4 nitrogen and oxygen atoms in total. The predicted octanol–water partition coefficient (Wildman–Crippen LogP) is 7.58. The molecular weight excluding hydrogens is 530 g/mol. The lowest BCUT2D eigenvalue weighted by Crippen LogP contribution is -2.46. The fraction of sp³-hybridized carbons (Fsp3) is 0.294. The number of aliphatic hydroxyl groups excluding tert-OH is 1. The monoisotopic (exact) mass is 574 g/mol. The van der Waals surface area contributed by atoms with Crippen LogP contribution < -0.4 is 10.4 Å². The zero-order valence-corrected chi connectivity index (χ0v) is 25.9. The lowest BCUT2D eigenvalue weighted by molar-refractivity contribution is 0.0781. The zero-order chi connectivity index (χ0) is 28.5. The maximum absolute atomic E-state index is 10.6. The molecule has 212 valence electrons. The third-order valence-corrected chi connectivity index (χ3v) is 9.26. The first-order valence-corrected chi connectivity index (χ1v) is 16.1. The van der Waals surface area contributed by atoms with Gasteiger partial charge in [0.05, 0.1) is 18.9 Å². The van der Waals surface area contributed by atoms with E-state index in [1.165, 1.54) is 22.3 Å². The van der Waals surface area contributed by atoms with Gasteiger partial charge in [0.1, 0.15) is 0 Å². The Morgan fingerprint density at radius 1 is 0.650 bits per heavy atom. The average Bonchev–Trinajstić information content (AvgIpc) is 3.04. The Labute approximate surface area is 244 Å². The molecule has 0 bridgehead atoms. The van der Waals surface area contributed by atoms with Crippen LogP contribution in [0.3, 0.4) is 0 Å². The van der Waals surface area contributed by atoms with Crippen molar-refractivity contribution in [1.82, 2.24) is 10.4 Å². The molecule has 0 saturated carbocycles. The van der Waals surface area contributed by atoms with Gasteiger partial charge in [0, 0.05) is 33.0 Å². The Morgan fingerprint density at radius 3 is 1.43 bits per heavy atom. The van der Waals surface area contributed by atoms with Crippen molar-refractivity contribution in [3.8, 4) is 0 Å². The molecule has 4 aromatic rings. The van der Waals surface area contributed by atoms with Crippen molar-refractivity contribution in [2.45, 2.75) is 25.2 Å². The number of benzene rings is 4. The topological polar surface area (TPSA) is 53.5 Å². The molecule has 4 rings (SSSR count). The van der Waals surface area contributed by atoms with Gasteiger partial charge in [-0.3, -0.25) is 5.09 Å². The van der Waals surface area contributed by atoms with Gasteiger partial charge in [0.25, 0.3) is 0 Å². The molecule has 0 aliphatic heterocycles. The Morgan fingerprint density at radius 2 is 1.05 bits per heavy atom. The minimum absolute atomic E-state index is 0.0402. The van der Waals surface area contributed by atoms with Crippen LogP contribution in [0.4, 0.5) is 0 Å². The van der Waals surface area contributed by atoms with E-state index in [1.807, 2.05) is 33.0 Å². The van der Waals surface area contributed by atoms with E-state index < -0.39 is 5.41 Å². The van der Waals surface area contributed by atoms with Crippen molar-refractivity contribution in [2.75, 3.05) is 33.4 Å². The average molecular weight is 575 g/mol. The smallest absolute Gasteiger partial charge is 0.0608 e. The lowest BCUT2D eigenvalue weighted by Gasteiger charge is -2.33. The second-order valence-corrected chi connectivity index (χ2v) is 11.9. The molecule has 3 N–H and O–H groups in total. The van der Waals surface area contributed by atoms with Gasteiger partial charge >= 0.3 is 0 Å². The highest BCUT2D eigenvalue weighted by molar-refractivity contribution is 7.36. The minimum atomic E-state index is -0.426. The van der Waals surface area contributed by atoms with E-state index in [2.05, 4.69) is 120 Å². The van der Waals surface area contributed by atoms with Crippen molar-refractivity contribution in [3.63, 3.8) is 0 Å². The highest BCUT2D eigenvalue weighted by atomic mass is 31.1. The fourth-order valence-electron chi connectivity index (χ4n) is 4.59. The van der Waals surface area contributed by atoms with E-state index in [-0.39, 0.29) is 26.7 Å². The molecule has 40 heavy (non-hydrogen) atoms. The van der Waals surface area contributed by atoms with E-state index in [4.69, 9.17) is 4.52 Å². The normalized spacial score (nSPS) is 13.2. The van der Waals surface area contributed by atoms with Gasteiger partial charge < -0.3 is 14.9 Å². The Kier molecular flexibility index (Phi) is 14.5. The van der Waals surface area contributed by atoms with Crippen molar-refractivity contribution >= 4 is 17.5 Å². The second kappa shape index (κ2) is 18.1. The first kappa shape index (κ1) is 32.1. The Bertz CT molecular complexity index is 1010. The number of hydrogen-bond acceptors (Lipinski definition) is 4. The molecule has 3 unspecified atom stereocenters. The maximum atomic E-state index is 10.6. The molecule has 6 heteroatoms. The number of nitrogens with one attached hydrogen (secondary N) is 2. The zero-order valence-electron chi connectivity index (χ0n) is 23.9. The Hall–Kier alpha value is -2.42. The van der Waals surface area contributed by atoms with Crippen LogP contribution in [0.5, 0.6) is 0 Å². The van der Waals surface area contributed by atoms with E-state index in [0.29, 0.717) is 28.4 Å². The largest absolute Gasteiger partial charge is 0.396 e. The fourth-order valence-corrected chi connectivity index (χ4v) is 7.20. The molecule has 0 fully saturated rings. The van der Waals surface area contributed by atoms with E-state index in [0.717, 1.165) is 0 Å². The summed E-state index contributed by atoms with van der Waals surface area (Å²) in [4.78, 5) is 0. The van der Waals surface area contributed by atoms with E-state index >= 15 is 0 Å². The summed E-state index contributed by atoms with van der Waals surface area (Å²) in [6, 6.07) is 42.3. The van der Waals surface area contributed by atoms with Crippen molar-refractivity contribution in [2.24, 2.45) is 5.41 Å². The third kappa shape index (κ3) is 9.60. The summed E-state index contributed by atoms with van der Waals surface area (Å²) >= 11 is 0. The van der Waals surface area contributed by atoms with Gasteiger partial charge in [-0.1, -0.05) is 135 Å². The molecule has 3 atom stereocenters. The van der Waals surface area contributed by atoms with Gasteiger partial charge in [-0.05, 0) is 38.0 Å². The van der Waals surface area contributed by atoms with Crippen LogP contribution in [0.15, 0.2) is 121 Å². The highest BCUT2D eigenvalue weighted by Crippen LogP contribution is 2.42. The summed E-state index contributed by atoms with van der Waals surface area (Å²) in [7, 11) is 2.66. The maximum Gasteiger partial charge on any atom is 0.0608 e. The molecule has 0 heterocycles. The van der Waals surface area contributed by atoms with Gasteiger partial charge in [0.2, 0.25) is 0 Å². The molecule has 0 aliphatic carbocycles. The quantitative estimate of drug-likeness (QED) is 0.128. The predicted molar refractivity (Wildman–Crippen MR) is 175 cm³/mol. The molecule has 0 spiro atoms. The molecule has 0 aliphatic rings. The molecule has 0 aromatic heterocycles. The summed E-state index contributed by atoms with van der Waals surface area (Å²) in [5.41, 5.74) is 5.07. The van der Waals surface area contributed by atoms with Crippen LogP contribution in [-0.4, -0.2) is 38.5 Å². The van der Waals surface area contributed by atoms with Crippen LogP contribution >= 0.6 is 17.5 Å². The summed E-state index contributed by atoms with van der Waals surface area (Å²) < 4.78 is 6.43. The third-order valence-electron chi connectivity index (χ3n) is 6.71. The first-order valence-electron chi connectivity index (χ1n) is 14.1. The van der Waals surface area contributed by atoms with Crippen LogP contribution in [-0.2, 0) is 4.52 Å². The van der Waals surface area contributed by atoms with Crippen LogP contribution in [0, 0.1) is 5.41 Å². The molecule has 0 radical (unpaired) electrons. The van der Waals surface area contributed by atoms with Gasteiger partial charge in [-0.2, -0.15) is 0 Å². The highest BCUT2D eigenvalue weighted by Gasteiger charge is 2.30. The van der Waals surface area contributed by atoms with Crippen molar-refractivity contribution < 1.29 is 9.63 Å². The van der Waals surface area contributed by atoms with E-state index in [1.54, 1.807) is 0 Å². The second-order valence-electron chi connectivity index (χ2n) is 9.60. The van der Waals surface area contributed by atoms with Crippen LogP contribution in [0.1, 0.15) is 47.4 Å². The molecule has 0 amide bonds. The number of aliphatic hydroxyl groups is 1. The summed E-state index contributed by atoms with van der Waals surface area (Å²) in [6.45, 7) is 5.83. The van der Waals surface area contributed by atoms with E-state index in [9.17, 15) is 5.11 Å². The summed E-state index contributed by atoms with van der Waals surface area (Å²) in [5.74, 6) is 0. The van der Waals surface area contributed by atoms with Crippen molar-refractivity contribution in [3.05, 3.63) is 144 Å². The SMILES string of the molecule is CC.CNCC(CO)(CNPC(c1ccccc1)c1ccccc1)COPC(c1ccccc1)c1ccccc1. The van der Waals surface area contributed by atoms with Crippen LogP contribution in [0.25, 0.3) is 0 Å². The van der Waals surface area contributed by atoms with Crippen molar-refractivity contribution in [1.29, 1.82) is 0 Å². The summed E-state index contributed by atoms with van der Waals surface area (Å²) in [6.07, 6.45) is 0. The standard InChI is InChI=1S/C32H38N2O2P2.C2H6/c1-33-22-32(24-35,23-34-37-30(26-14-6-2-7-15-26)27-16-8-3-9-17-27)25-36-38-31(28-18-10-4-11-19-28)29-20-12-5-13-21-29;1-2/h2-21,30-31,33-35,37-38H,22-25H2,1H3;1-2H3. The molecule has 0 saturated heterocycles. The number of hydrogen-bond donors (Lipinski definition) is 3. The number of rotatable bonds is 15. The molecular formula is C34H44N2O2P2. The lowest BCUT2D eigenvalue weighted by atomic mass is 9.90. The summed E-state index contributed by atoms with van der Waals surface area (Å²) in [5, 5.41) is 17.6. The minimum Gasteiger partial charge on any atom is -0.396 e. The van der Waals surface area contributed by atoms with Gasteiger partial charge in [-0.15, -0.1) is 0 Å². The van der Waals surface area contributed by atoms with Crippen LogP contribution in [0.2, 0.25) is 0 Å².